The van der Waals surface area contributed by atoms with Crippen LogP contribution < -0.4 is 35.2 Å². The first-order valence-electron chi connectivity index (χ1n) is 11.3. The molecule has 1 aromatic rings. The molecule has 1 aliphatic heterocycles. The molecule has 10 heteroatoms. The van der Waals surface area contributed by atoms with E-state index in [1.165, 1.54) is 23.6 Å². The molecule has 2 N–H and O–H groups in total. The van der Waals surface area contributed by atoms with Crippen molar-refractivity contribution in [3.8, 4) is 0 Å². The molecule has 0 amide bonds. The molecule has 0 aliphatic carbocycles. The van der Waals surface area contributed by atoms with E-state index in [4.69, 9.17) is 9.47 Å². The fourth-order valence-corrected chi connectivity index (χ4v) is 3.78. The van der Waals surface area contributed by atoms with Crippen LogP contribution in [0, 0.1) is 6.92 Å². The summed E-state index contributed by atoms with van der Waals surface area (Å²) in [6.45, 7) is 5.18. The Hall–Kier alpha value is -1.24. The molecule has 2 rings (SSSR count). The van der Waals surface area contributed by atoms with Crippen molar-refractivity contribution in [3.63, 3.8) is 0 Å². The summed E-state index contributed by atoms with van der Waals surface area (Å²) in [6, 6.07) is 0. The maximum Gasteiger partial charge on any atom is 0.330 e. The number of aromatic nitrogens is 2. The Labute approximate surface area is 206 Å². The summed E-state index contributed by atoms with van der Waals surface area (Å²) in [7, 11) is 3.97. The Balaban J connectivity index is 0.00000512. The van der Waals surface area contributed by atoms with Crippen molar-refractivity contribution in [1.82, 2.24) is 9.55 Å². The van der Waals surface area contributed by atoms with Gasteiger partial charge in [0.2, 0.25) is 0 Å². The first-order chi connectivity index (χ1) is 14.6. The zero-order chi connectivity index (χ0) is 23.0. The summed E-state index contributed by atoms with van der Waals surface area (Å²) in [6.07, 6.45) is 5.82. The molecule has 0 saturated carbocycles. The number of hydrogen-bond donors (Lipinski definition) is 2. The highest BCUT2D eigenvalue weighted by Crippen LogP contribution is 2.28. The second kappa shape index (κ2) is 13.5. The highest BCUT2D eigenvalue weighted by Gasteiger charge is 2.39. The number of aliphatic hydroxyl groups is 1. The highest BCUT2D eigenvalue weighted by atomic mass is 127. The number of nitrogens with one attached hydrogen (secondary N) is 1. The van der Waals surface area contributed by atoms with E-state index < -0.39 is 29.7 Å². The van der Waals surface area contributed by atoms with Gasteiger partial charge < -0.3 is 43.0 Å². The third kappa shape index (κ3) is 8.95. The molecule has 0 bridgehead atoms. The van der Waals surface area contributed by atoms with Crippen LogP contribution in [0.3, 0.4) is 0 Å². The van der Waals surface area contributed by atoms with Crippen molar-refractivity contribution >= 4 is 5.97 Å². The lowest BCUT2D eigenvalue weighted by Crippen LogP contribution is -3.00. The fraction of sp³-hybridized carbons (Fsp3) is 0.773. The number of likely N-dealkylation sites (N-methyl/N-ethyl adjacent to an activating group) is 1. The van der Waals surface area contributed by atoms with E-state index in [1.54, 1.807) is 6.92 Å². The molecular weight excluding hydrogens is 529 g/mol. The summed E-state index contributed by atoms with van der Waals surface area (Å²) < 4.78 is 13.1. The molecule has 1 fully saturated rings. The average molecular weight is 567 g/mol. The molecule has 0 radical (unpaired) electrons. The number of hydrogen-bond acceptors (Lipinski definition) is 6. The predicted molar refractivity (Wildman–Crippen MR) is 117 cm³/mol. The van der Waals surface area contributed by atoms with E-state index in [-0.39, 0.29) is 36.4 Å². The van der Waals surface area contributed by atoms with Crippen LogP contribution in [-0.2, 0) is 14.3 Å². The van der Waals surface area contributed by atoms with Crippen LogP contribution in [0.1, 0.15) is 63.7 Å². The van der Waals surface area contributed by atoms with Crippen LogP contribution in [-0.4, -0.2) is 71.1 Å². The van der Waals surface area contributed by atoms with Gasteiger partial charge in [0.15, 0.2) is 0 Å². The second-order valence-electron chi connectivity index (χ2n) is 9.14. The van der Waals surface area contributed by atoms with Crippen LogP contribution in [0.4, 0.5) is 0 Å². The minimum Gasteiger partial charge on any atom is -1.00 e. The number of carbonyl (C=O) groups excluding carboxylic acids is 1. The molecule has 32 heavy (non-hydrogen) atoms. The number of rotatable bonds is 12. The minimum absolute atomic E-state index is 0. The van der Waals surface area contributed by atoms with Crippen LogP contribution in [0.2, 0.25) is 0 Å². The van der Waals surface area contributed by atoms with Crippen molar-refractivity contribution in [1.29, 1.82) is 0 Å². The molecule has 1 aliphatic rings. The Morgan fingerprint density at radius 1 is 1.28 bits per heavy atom. The number of esters is 1. The lowest BCUT2D eigenvalue weighted by Gasteiger charge is -2.32. The number of unbranched alkanes of at least 4 members (excludes halogenated alkanes) is 4. The second-order valence-corrected chi connectivity index (χ2v) is 9.14. The first kappa shape index (κ1) is 28.8. The summed E-state index contributed by atoms with van der Waals surface area (Å²) in [5, 5.41) is 10.5. The van der Waals surface area contributed by atoms with Gasteiger partial charge in [-0.3, -0.25) is 19.1 Å². The zero-order valence-electron chi connectivity index (χ0n) is 19.6. The maximum atomic E-state index is 12.1. The maximum absolute atomic E-state index is 12.1. The predicted octanol–water partition coefficient (Wildman–Crippen LogP) is -1.52. The summed E-state index contributed by atoms with van der Waals surface area (Å²) in [4.78, 5) is 37.8. The van der Waals surface area contributed by atoms with E-state index in [0.717, 1.165) is 19.3 Å². The molecule has 2 heterocycles. The molecule has 0 unspecified atom stereocenters. The molecule has 1 aromatic heterocycles. The normalized spacial score (nSPS) is 20.7. The lowest BCUT2D eigenvalue weighted by molar-refractivity contribution is -0.893. The molecular formula is C22H38IN3O6. The van der Waals surface area contributed by atoms with Gasteiger partial charge in [-0.1, -0.05) is 32.6 Å². The highest BCUT2D eigenvalue weighted by molar-refractivity contribution is 5.69. The van der Waals surface area contributed by atoms with Crippen LogP contribution >= 0.6 is 0 Å². The van der Waals surface area contributed by atoms with Crippen LogP contribution in [0.5, 0.6) is 0 Å². The van der Waals surface area contributed by atoms with Gasteiger partial charge in [-0.2, -0.15) is 0 Å². The molecule has 184 valence electrons. The van der Waals surface area contributed by atoms with Gasteiger partial charge in [-0.25, -0.2) is 4.79 Å². The topological polar surface area (TPSA) is 111 Å². The number of ether oxygens (including phenoxy) is 2. The number of aryl methyl sites for hydroxylation is 1. The summed E-state index contributed by atoms with van der Waals surface area (Å²) >= 11 is 0. The van der Waals surface area contributed by atoms with Gasteiger partial charge in [0.05, 0.1) is 20.2 Å². The SMILES string of the molecule is CCCCCCCC(=O)OCC[N+](C)(C)C[C@H]1O[C@@H](n2cc(C)c(=O)[nH]c2=O)C[C@@H]1O.[I-]. The Morgan fingerprint density at radius 2 is 1.97 bits per heavy atom. The summed E-state index contributed by atoms with van der Waals surface area (Å²) in [5.41, 5.74) is -0.571. The average Bonchev–Trinajstić information content (AvgIpc) is 3.03. The van der Waals surface area contributed by atoms with Crippen LogP contribution in [0.15, 0.2) is 15.8 Å². The third-order valence-corrected chi connectivity index (χ3v) is 5.78. The number of halogens is 1. The Kier molecular flexibility index (Phi) is 12.1. The Bertz CT molecular complexity index is 838. The van der Waals surface area contributed by atoms with E-state index in [2.05, 4.69) is 11.9 Å². The quantitative estimate of drug-likeness (QED) is 0.138. The van der Waals surface area contributed by atoms with Gasteiger partial charge in [-0.05, 0) is 13.3 Å². The number of aromatic amines is 1. The van der Waals surface area contributed by atoms with Gasteiger partial charge in [-0.15, -0.1) is 0 Å². The molecule has 1 saturated heterocycles. The van der Waals surface area contributed by atoms with Crippen molar-refractivity contribution in [2.75, 3.05) is 33.8 Å². The minimum atomic E-state index is -0.729. The number of nitrogens with zero attached hydrogens (tertiary/aromatic N) is 2. The van der Waals surface area contributed by atoms with Crippen molar-refractivity contribution < 1.29 is 47.8 Å². The fourth-order valence-electron chi connectivity index (χ4n) is 3.78. The third-order valence-electron chi connectivity index (χ3n) is 5.78. The van der Waals surface area contributed by atoms with Crippen LogP contribution in [0.25, 0.3) is 0 Å². The molecule has 9 nitrogen and oxygen atoms in total. The molecule has 0 aromatic carbocycles. The first-order valence-corrected chi connectivity index (χ1v) is 11.3. The van der Waals surface area contributed by atoms with E-state index in [9.17, 15) is 19.5 Å². The van der Waals surface area contributed by atoms with E-state index in [1.807, 2.05) is 14.1 Å². The standard InChI is InChI=1S/C22H37N3O6.HI/c1-5-6-7-8-9-10-20(27)30-12-11-25(3,4)15-18-17(26)13-19(31-18)24-14-16(2)21(28)23-22(24)29;/h14,17-19,26H,5-13,15H2,1-4H3;1H/t17-,18+,19+;/m0./s1. The van der Waals surface area contributed by atoms with Gasteiger partial charge >= 0.3 is 11.7 Å². The smallest absolute Gasteiger partial charge is 0.330 e. The monoisotopic (exact) mass is 567 g/mol. The zero-order valence-corrected chi connectivity index (χ0v) is 21.8. The van der Waals surface area contributed by atoms with Gasteiger partial charge in [0, 0.05) is 24.6 Å². The number of H-pyrrole nitrogens is 1. The van der Waals surface area contributed by atoms with Gasteiger partial charge in [0.25, 0.3) is 5.56 Å². The van der Waals surface area contributed by atoms with Crippen molar-refractivity contribution in [2.24, 2.45) is 0 Å². The number of carbonyl (C=O) groups is 1. The van der Waals surface area contributed by atoms with Gasteiger partial charge in [0.1, 0.15) is 32.0 Å². The van der Waals surface area contributed by atoms with E-state index in [0.29, 0.717) is 36.2 Å². The lowest BCUT2D eigenvalue weighted by atomic mass is 10.1. The van der Waals surface area contributed by atoms with Crippen molar-refractivity contribution in [2.45, 2.75) is 77.2 Å². The largest absolute Gasteiger partial charge is 1.00 e. The Morgan fingerprint density at radius 3 is 2.66 bits per heavy atom. The number of quaternary nitrogens is 1. The van der Waals surface area contributed by atoms with Crippen molar-refractivity contribution in [3.05, 3.63) is 32.6 Å². The summed E-state index contributed by atoms with van der Waals surface area (Å²) in [5.74, 6) is -0.165. The van der Waals surface area contributed by atoms with E-state index >= 15 is 0 Å². The number of aliphatic hydroxyl groups excluding tert-OH is 1. The molecule has 3 atom stereocenters. The molecule has 0 spiro atoms.